The van der Waals surface area contributed by atoms with Crippen LogP contribution in [-0.4, -0.2) is 22.5 Å². The molecule has 1 aliphatic heterocycles. The van der Waals surface area contributed by atoms with Gasteiger partial charge in [0.25, 0.3) is 11.1 Å². The number of aromatic amines is 1. The first-order valence-electron chi connectivity index (χ1n) is 6.61. The first-order chi connectivity index (χ1) is 10.6. The van der Waals surface area contributed by atoms with Gasteiger partial charge in [-0.2, -0.15) is 0 Å². The molecule has 114 valence electrons. The second-order valence-electron chi connectivity index (χ2n) is 4.67. The van der Waals surface area contributed by atoms with E-state index in [1.165, 1.54) is 0 Å². The molecule has 1 aromatic heterocycles. The fourth-order valence-electron chi connectivity index (χ4n) is 2.04. The lowest BCUT2D eigenvalue weighted by atomic mass is 10.2. The van der Waals surface area contributed by atoms with E-state index in [9.17, 15) is 14.4 Å². The number of carbonyl (C=O) groups excluding carboxylic acids is 1. The summed E-state index contributed by atoms with van der Waals surface area (Å²) in [6.45, 7) is 0.252. The molecule has 0 fully saturated rings. The second-order valence-corrected chi connectivity index (χ2v) is 4.67. The van der Waals surface area contributed by atoms with Gasteiger partial charge in [-0.05, 0) is 12.1 Å². The van der Waals surface area contributed by atoms with Crippen molar-refractivity contribution >= 4 is 11.6 Å². The summed E-state index contributed by atoms with van der Waals surface area (Å²) in [6, 6.07) is 7.37. The van der Waals surface area contributed by atoms with E-state index in [-0.39, 0.29) is 31.2 Å². The van der Waals surface area contributed by atoms with Crippen molar-refractivity contribution < 1.29 is 14.3 Å². The predicted molar refractivity (Wildman–Crippen MR) is 77.1 cm³/mol. The van der Waals surface area contributed by atoms with E-state index in [1.54, 1.807) is 18.2 Å². The zero-order valence-corrected chi connectivity index (χ0v) is 11.5. The van der Waals surface area contributed by atoms with E-state index in [0.29, 0.717) is 17.2 Å². The molecule has 1 amide bonds. The van der Waals surface area contributed by atoms with Crippen molar-refractivity contribution in [3.05, 3.63) is 51.0 Å². The highest BCUT2D eigenvalue weighted by Gasteiger charge is 2.14. The first kappa shape index (κ1) is 13.9. The van der Waals surface area contributed by atoms with Gasteiger partial charge >= 0.3 is 0 Å². The Labute approximate surface area is 124 Å². The van der Waals surface area contributed by atoms with Crippen LogP contribution in [-0.2, 0) is 11.3 Å². The van der Waals surface area contributed by atoms with E-state index in [0.717, 1.165) is 16.8 Å². The average Bonchev–Trinajstić information content (AvgIpc) is 2.96. The van der Waals surface area contributed by atoms with Crippen LogP contribution in [0.2, 0.25) is 0 Å². The second kappa shape index (κ2) is 5.76. The van der Waals surface area contributed by atoms with Crippen molar-refractivity contribution in [2.24, 2.45) is 0 Å². The van der Waals surface area contributed by atoms with Crippen LogP contribution in [0.4, 0.5) is 5.69 Å². The van der Waals surface area contributed by atoms with Gasteiger partial charge < -0.3 is 14.8 Å². The molecule has 2 heterocycles. The van der Waals surface area contributed by atoms with Crippen LogP contribution in [0.3, 0.4) is 0 Å². The number of hydrogen-bond acceptors (Lipinski definition) is 5. The molecule has 0 aliphatic carbocycles. The van der Waals surface area contributed by atoms with Crippen molar-refractivity contribution in [2.75, 3.05) is 12.1 Å². The van der Waals surface area contributed by atoms with Crippen LogP contribution in [0.5, 0.6) is 11.5 Å². The van der Waals surface area contributed by atoms with Crippen LogP contribution >= 0.6 is 0 Å². The highest BCUT2D eigenvalue weighted by atomic mass is 16.7. The standard InChI is InChI=1S/C14H13N3O5/c18-12(5-6-17-14(20)4-3-13(19)16-17)15-9-1-2-10-11(7-9)22-8-21-10/h1-4,7H,5-6,8H2,(H,15,18)(H,16,19). The highest BCUT2D eigenvalue weighted by molar-refractivity contribution is 5.91. The Morgan fingerprint density at radius 3 is 2.86 bits per heavy atom. The predicted octanol–water partition coefficient (Wildman–Crippen LogP) is 0.294. The number of rotatable bonds is 4. The summed E-state index contributed by atoms with van der Waals surface area (Å²) in [6.07, 6.45) is 0.0499. The Bertz CT molecular complexity index is 824. The molecule has 0 saturated heterocycles. The molecule has 22 heavy (non-hydrogen) atoms. The van der Waals surface area contributed by atoms with E-state index in [1.807, 2.05) is 0 Å². The third-order valence-electron chi connectivity index (χ3n) is 3.11. The molecule has 1 aromatic carbocycles. The van der Waals surface area contributed by atoms with E-state index >= 15 is 0 Å². The monoisotopic (exact) mass is 303 g/mol. The molecule has 3 rings (SSSR count). The molecule has 1 aliphatic rings. The number of anilines is 1. The summed E-state index contributed by atoms with van der Waals surface area (Å²) in [5.41, 5.74) is -0.186. The number of ether oxygens (including phenoxy) is 2. The molecule has 0 bridgehead atoms. The molecule has 8 nitrogen and oxygen atoms in total. The number of nitrogens with zero attached hydrogens (tertiary/aromatic N) is 1. The zero-order chi connectivity index (χ0) is 15.5. The van der Waals surface area contributed by atoms with Gasteiger partial charge in [-0.3, -0.25) is 19.5 Å². The molecule has 2 N–H and O–H groups in total. The Morgan fingerprint density at radius 2 is 2.00 bits per heavy atom. The highest BCUT2D eigenvalue weighted by Crippen LogP contribution is 2.34. The molecule has 0 saturated carbocycles. The maximum atomic E-state index is 11.9. The Hall–Kier alpha value is -3.03. The van der Waals surface area contributed by atoms with Gasteiger partial charge in [0, 0.05) is 30.3 Å². The number of hydrogen-bond donors (Lipinski definition) is 2. The normalized spacial score (nSPS) is 12.2. The largest absolute Gasteiger partial charge is 0.454 e. The van der Waals surface area contributed by atoms with E-state index < -0.39 is 5.56 Å². The number of benzene rings is 1. The fraction of sp³-hybridized carbons (Fsp3) is 0.214. The molecule has 8 heteroatoms. The molecule has 0 spiro atoms. The molecular formula is C14H13N3O5. The first-order valence-corrected chi connectivity index (χ1v) is 6.61. The van der Waals surface area contributed by atoms with Gasteiger partial charge in [0.05, 0.1) is 6.54 Å². The number of fused-ring (bicyclic) bond motifs is 1. The lowest BCUT2D eigenvalue weighted by Crippen LogP contribution is -2.29. The third-order valence-corrected chi connectivity index (χ3v) is 3.11. The van der Waals surface area contributed by atoms with Gasteiger partial charge in [0.2, 0.25) is 12.7 Å². The van der Waals surface area contributed by atoms with E-state index in [2.05, 4.69) is 10.4 Å². The summed E-state index contributed by atoms with van der Waals surface area (Å²) in [5.74, 6) is 0.920. The van der Waals surface area contributed by atoms with Gasteiger partial charge in [0.15, 0.2) is 11.5 Å². The number of H-pyrrole nitrogens is 1. The maximum Gasteiger partial charge on any atom is 0.265 e. The molecule has 2 aromatic rings. The molecule has 0 unspecified atom stereocenters. The molecule has 0 radical (unpaired) electrons. The number of nitrogens with one attached hydrogen (secondary N) is 2. The maximum absolute atomic E-state index is 11.9. The quantitative estimate of drug-likeness (QED) is 0.845. The minimum atomic E-state index is -0.393. The lowest BCUT2D eigenvalue weighted by Gasteiger charge is -2.07. The van der Waals surface area contributed by atoms with Gasteiger partial charge in [0.1, 0.15) is 0 Å². The summed E-state index contributed by atoms with van der Waals surface area (Å²) < 4.78 is 11.5. The molecule has 0 atom stereocenters. The Morgan fingerprint density at radius 1 is 1.18 bits per heavy atom. The SMILES string of the molecule is O=C(CCn1[nH]c(=O)ccc1=O)Nc1ccc2c(c1)OCO2. The van der Waals surface area contributed by atoms with Crippen molar-refractivity contribution in [1.82, 2.24) is 9.78 Å². The van der Waals surface area contributed by atoms with Crippen LogP contribution < -0.4 is 25.9 Å². The number of amides is 1. The summed E-state index contributed by atoms with van der Waals surface area (Å²) >= 11 is 0. The lowest BCUT2D eigenvalue weighted by molar-refractivity contribution is -0.116. The van der Waals surface area contributed by atoms with Crippen LogP contribution in [0, 0.1) is 0 Å². The Kier molecular flexibility index (Phi) is 3.65. The summed E-state index contributed by atoms with van der Waals surface area (Å²) in [7, 11) is 0. The third kappa shape index (κ3) is 3.00. The van der Waals surface area contributed by atoms with Crippen LogP contribution in [0.1, 0.15) is 6.42 Å². The van der Waals surface area contributed by atoms with Crippen molar-refractivity contribution in [3.63, 3.8) is 0 Å². The number of carbonyl (C=O) groups is 1. The van der Waals surface area contributed by atoms with Crippen LogP contribution in [0.15, 0.2) is 39.9 Å². The van der Waals surface area contributed by atoms with Gasteiger partial charge in [-0.15, -0.1) is 0 Å². The van der Waals surface area contributed by atoms with Crippen molar-refractivity contribution in [1.29, 1.82) is 0 Å². The molecular weight excluding hydrogens is 290 g/mol. The van der Waals surface area contributed by atoms with Gasteiger partial charge in [-0.25, -0.2) is 4.68 Å². The minimum Gasteiger partial charge on any atom is -0.454 e. The summed E-state index contributed by atoms with van der Waals surface area (Å²) in [4.78, 5) is 34.5. The van der Waals surface area contributed by atoms with Gasteiger partial charge in [-0.1, -0.05) is 0 Å². The smallest absolute Gasteiger partial charge is 0.265 e. The zero-order valence-electron chi connectivity index (χ0n) is 11.5. The fourth-order valence-corrected chi connectivity index (χ4v) is 2.04. The van der Waals surface area contributed by atoms with Crippen molar-refractivity contribution in [3.8, 4) is 11.5 Å². The van der Waals surface area contributed by atoms with Crippen molar-refractivity contribution in [2.45, 2.75) is 13.0 Å². The summed E-state index contributed by atoms with van der Waals surface area (Å²) in [5, 5.41) is 5.05. The minimum absolute atomic E-state index is 0.0499. The number of aromatic nitrogens is 2. The topological polar surface area (TPSA) is 102 Å². The Balaban J connectivity index is 1.62. The number of aryl methyl sites for hydroxylation is 1. The van der Waals surface area contributed by atoms with E-state index in [4.69, 9.17) is 9.47 Å². The average molecular weight is 303 g/mol. The van der Waals surface area contributed by atoms with Crippen LogP contribution in [0.25, 0.3) is 0 Å².